The van der Waals surface area contributed by atoms with Gasteiger partial charge < -0.3 is 10.2 Å². The highest BCUT2D eigenvalue weighted by Gasteiger charge is 2.06. The Kier molecular flexibility index (Phi) is 1.90. The summed E-state index contributed by atoms with van der Waals surface area (Å²) in [5.74, 6) is 0.606. The van der Waals surface area contributed by atoms with Crippen molar-refractivity contribution in [2.45, 2.75) is 0 Å². The number of nitrogens with zero attached hydrogens (tertiary/aromatic N) is 1. The van der Waals surface area contributed by atoms with Crippen LogP contribution in [0.5, 0.6) is 0 Å². The third kappa shape index (κ3) is 1.42. The average Bonchev–Trinajstić information content (AvgIpc) is 2.73. The van der Waals surface area contributed by atoms with Crippen molar-refractivity contribution in [3.63, 3.8) is 0 Å². The standard InChI is InChI=1S/C13H9N2O/c14-10-7-5-9(6-8-10)13-15-11-3-1-2-4-12(11)16-13/h2-8H,14H2. The lowest BCUT2D eigenvalue weighted by Gasteiger charge is -1.95. The maximum atomic E-state index is 5.62. The van der Waals surface area contributed by atoms with Gasteiger partial charge in [0.2, 0.25) is 5.89 Å². The Bertz CT molecular complexity index is 593. The quantitative estimate of drug-likeness (QED) is 0.627. The van der Waals surface area contributed by atoms with Crippen LogP contribution in [0.2, 0.25) is 0 Å². The third-order valence-electron chi connectivity index (χ3n) is 2.39. The van der Waals surface area contributed by atoms with E-state index in [9.17, 15) is 0 Å². The van der Waals surface area contributed by atoms with E-state index < -0.39 is 0 Å². The fraction of sp³-hybridized carbons (Fsp3) is 0. The van der Waals surface area contributed by atoms with Gasteiger partial charge in [-0.3, -0.25) is 0 Å². The molecule has 0 aliphatic rings. The molecule has 0 saturated carbocycles. The minimum Gasteiger partial charge on any atom is -0.436 e. The average molecular weight is 209 g/mol. The molecule has 3 rings (SSSR count). The molecule has 16 heavy (non-hydrogen) atoms. The van der Waals surface area contributed by atoms with Crippen molar-refractivity contribution < 1.29 is 4.42 Å². The number of hydrogen-bond donors (Lipinski definition) is 1. The molecule has 1 aromatic heterocycles. The zero-order valence-corrected chi connectivity index (χ0v) is 8.47. The molecule has 1 radical (unpaired) electrons. The van der Waals surface area contributed by atoms with Crippen molar-refractivity contribution in [2.75, 3.05) is 5.73 Å². The molecule has 3 heteroatoms. The molecule has 0 saturated heterocycles. The zero-order valence-electron chi connectivity index (χ0n) is 8.47. The van der Waals surface area contributed by atoms with Crippen molar-refractivity contribution in [1.29, 1.82) is 0 Å². The van der Waals surface area contributed by atoms with Crippen LogP contribution in [0.3, 0.4) is 0 Å². The summed E-state index contributed by atoms with van der Waals surface area (Å²) in [5, 5.41) is 0. The second-order valence-electron chi connectivity index (χ2n) is 3.53. The van der Waals surface area contributed by atoms with Crippen molar-refractivity contribution in [3.8, 4) is 11.5 Å². The van der Waals surface area contributed by atoms with Gasteiger partial charge >= 0.3 is 0 Å². The van der Waals surface area contributed by atoms with Gasteiger partial charge in [0, 0.05) is 11.3 Å². The van der Waals surface area contributed by atoms with Crippen LogP contribution in [-0.4, -0.2) is 4.98 Å². The van der Waals surface area contributed by atoms with Crippen LogP contribution in [0, 0.1) is 6.07 Å². The fourth-order valence-electron chi connectivity index (χ4n) is 1.57. The highest BCUT2D eigenvalue weighted by atomic mass is 16.3. The van der Waals surface area contributed by atoms with E-state index in [4.69, 9.17) is 10.2 Å². The van der Waals surface area contributed by atoms with Gasteiger partial charge in [0.25, 0.3) is 0 Å². The number of hydrogen-bond acceptors (Lipinski definition) is 3. The lowest BCUT2D eigenvalue weighted by Crippen LogP contribution is -1.83. The molecule has 3 nitrogen and oxygen atoms in total. The predicted molar refractivity (Wildman–Crippen MR) is 62.7 cm³/mol. The number of benzene rings is 2. The molecule has 0 unspecified atom stereocenters. The van der Waals surface area contributed by atoms with E-state index in [2.05, 4.69) is 11.1 Å². The summed E-state index contributed by atoms with van der Waals surface area (Å²) in [6, 6.07) is 15.9. The molecule has 0 bridgehead atoms. The Hall–Kier alpha value is -2.29. The van der Waals surface area contributed by atoms with Gasteiger partial charge in [-0.15, -0.1) is 0 Å². The number of nitrogen functional groups attached to an aromatic ring is 1. The van der Waals surface area contributed by atoms with Gasteiger partial charge in [0.1, 0.15) is 5.52 Å². The van der Waals surface area contributed by atoms with Crippen LogP contribution in [0.1, 0.15) is 0 Å². The van der Waals surface area contributed by atoms with Crippen LogP contribution < -0.4 is 5.73 Å². The van der Waals surface area contributed by atoms with Gasteiger partial charge in [-0.2, -0.15) is 0 Å². The number of nitrogens with two attached hydrogens (primary N) is 1. The Morgan fingerprint density at radius 1 is 1.12 bits per heavy atom. The van der Waals surface area contributed by atoms with Crippen LogP contribution in [0.25, 0.3) is 22.6 Å². The van der Waals surface area contributed by atoms with Gasteiger partial charge in [-0.05, 0) is 42.5 Å². The number of aromatic nitrogens is 1. The molecule has 0 atom stereocenters. The van der Waals surface area contributed by atoms with Crippen molar-refractivity contribution in [2.24, 2.45) is 0 Å². The molecular weight excluding hydrogens is 200 g/mol. The van der Waals surface area contributed by atoms with Crippen LogP contribution in [-0.2, 0) is 0 Å². The topological polar surface area (TPSA) is 52.0 Å². The van der Waals surface area contributed by atoms with E-state index in [1.54, 1.807) is 12.1 Å². The van der Waals surface area contributed by atoms with Crippen LogP contribution in [0.4, 0.5) is 5.69 Å². The Labute approximate surface area is 92.5 Å². The first kappa shape index (κ1) is 8.97. The van der Waals surface area contributed by atoms with Crippen molar-refractivity contribution >= 4 is 16.8 Å². The number of fused-ring (bicyclic) bond motifs is 1. The highest BCUT2D eigenvalue weighted by Crippen LogP contribution is 2.24. The normalized spacial score (nSPS) is 10.8. The fourth-order valence-corrected chi connectivity index (χ4v) is 1.57. The summed E-state index contributed by atoms with van der Waals surface area (Å²) in [6.45, 7) is 0. The number of rotatable bonds is 1. The molecule has 3 aromatic rings. The number of anilines is 1. The maximum Gasteiger partial charge on any atom is 0.227 e. The van der Waals surface area contributed by atoms with E-state index in [0.29, 0.717) is 5.89 Å². The largest absolute Gasteiger partial charge is 0.436 e. The maximum absolute atomic E-state index is 5.62. The van der Waals surface area contributed by atoms with E-state index >= 15 is 0 Å². The Morgan fingerprint density at radius 3 is 2.69 bits per heavy atom. The summed E-state index contributed by atoms with van der Waals surface area (Å²) in [4.78, 5) is 4.37. The first-order valence-electron chi connectivity index (χ1n) is 4.95. The highest BCUT2D eigenvalue weighted by molar-refractivity contribution is 5.76. The lowest BCUT2D eigenvalue weighted by atomic mass is 10.2. The van der Waals surface area contributed by atoms with E-state index in [1.165, 1.54) is 0 Å². The summed E-state index contributed by atoms with van der Waals surface area (Å²) in [7, 11) is 0. The van der Waals surface area contributed by atoms with Crippen molar-refractivity contribution in [1.82, 2.24) is 4.98 Å². The van der Waals surface area contributed by atoms with Crippen LogP contribution >= 0.6 is 0 Å². The van der Waals surface area contributed by atoms with E-state index in [0.717, 1.165) is 22.4 Å². The number of oxazole rings is 1. The molecule has 0 aliphatic carbocycles. The third-order valence-corrected chi connectivity index (χ3v) is 2.39. The van der Waals surface area contributed by atoms with Crippen molar-refractivity contribution in [3.05, 3.63) is 48.5 Å². The summed E-state index contributed by atoms with van der Waals surface area (Å²) in [5.41, 5.74) is 8.86. The summed E-state index contributed by atoms with van der Waals surface area (Å²) >= 11 is 0. The van der Waals surface area contributed by atoms with Crippen LogP contribution in [0.15, 0.2) is 46.9 Å². The first-order chi connectivity index (χ1) is 7.83. The Morgan fingerprint density at radius 2 is 1.94 bits per heavy atom. The molecule has 77 valence electrons. The molecule has 1 heterocycles. The zero-order chi connectivity index (χ0) is 11.0. The molecule has 0 aliphatic heterocycles. The van der Waals surface area contributed by atoms with E-state index in [-0.39, 0.29) is 0 Å². The second kappa shape index (κ2) is 3.38. The molecule has 0 spiro atoms. The monoisotopic (exact) mass is 209 g/mol. The molecule has 2 N–H and O–H groups in total. The SMILES string of the molecule is Nc1ccc(-c2nc3c[c]ccc3o2)cc1. The van der Waals surface area contributed by atoms with Gasteiger partial charge in [-0.25, -0.2) is 4.98 Å². The molecular formula is C13H9N2O. The van der Waals surface area contributed by atoms with Gasteiger partial charge in [-0.1, -0.05) is 6.07 Å². The van der Waals surface area contributed by atoms with E-state index in [1.807, 2.05) is 30.3 Å². The smallest absolute Gasteiger partial charge is 0.227 e. The molecule has 0 fully saturated rings. The minimum absolute atomic E-state index is 0.606. The predicted octanol–water partition coefficient (Wildman–Crippen LogP) is 2.88. The molecule has 0 amide bonds. The lowest BCUT2D eigenvalue weighted by molar-refractivity contribution is 0.620. The Balaban J connectivity index is 2.15. The van der Waals surface area contributed by atoms with Gasteiger partial charge in [0.15, 0.2) is 5.58 Å². The molecule has 2 aromatic carbocycles. The summed E-state index contributed by atoms with van der Waals surface area (Å²) in [6.07, 6.45) is 0. The van der Waals surface area contributed by atoms with Gasteiger partial charge in [0.05, 0.1) is 0 Å². The second-order valence-corrected chi connectivity index (χ2v) is 3.53. The minimum atomic E-state index is 0.606. The first-order valence-corrected chi connectivity index (χ1v) is 4.95. The summed E-state index contributed by atoms with van der Waals surface area (Å²) < 4.78 is 5.62.